The average molecular weight is 301 g/mol. The molecule has 0 aliphatic rings. The number of hydrogen-bond donors (Lipinski definition) is 2. The first-order chi connectivity index (χ1) is 10.2. The van der Waals surface area contributed by atoms with Crippen LogP contribution in [0.1, 0.15) is 35.6 Å². The van der Waals surface area contributed by atoms with E-state index in [9.17, 15) is 9.59 Å². The van der Waals surface area contributed by atoms with Crippen LogP contribution in [0.15, 0.2) is 30.3 Å². The highest BCUT2D eigenvalue weighted by molar-refractivity contribution is 5.97. The zero-order valence-electron chi connectivity index (χ0n) is 13.0. The highest BCUT2D eigenvalue weighted by Gasteiger charge is 2.29. The number of rotatable bonds is 4. The van der Waals surface area contributed by atoms with Crippen molar-refractivity contribution >= 4 is 11.9 Å². The largest absolute Gasteiger partial charge is 0.480 e. The normalized spacial score (nSPS) is 11.3. The molecule has 1 aromatic heterocycles. The van der Waals surface area contributed by atoms with E-state index >= 15 is 0 Å². The second-order valence-corrected chi connectivity index (χ2v) is 5.77. The van der Waals surface area contributed by atoms with Gasteiger partial charge >= 0.3 is 5.97 Å². The number of benzene rings is 1. The van der Waals surface area contributed by atoms with E-state index in [1.165, 1.54) is 13.8 Å². The summed E-state index contributed by atoms with van der Waals surface area (Å²) in [5, 5.41) is 15.9. The van der Waals surface area contributed by atoms with Crippen LogP contribution in [0.4, 0.5) is 0 Å². The van der Waals surface area contributed by atoms with Crippen LogP contribution in [0, 0.1) is 13.8 Å². The molecule has 2 N–H and O–H groups in total. The van der Waals surface area contributed by atoms with Crippen LogP contribution in [-0.4, -0.2) is 32.3 Å². The van der Waals surface area contributed by atoms with Gasteiger partial charge in [-0.05, 0) is 58.0 Å². The highest BCUT2D eigenvalue weighted by atomic mass is 16.4. The SMILES string of the molecule is Cc1cc(C)n(-c2ccc(C(=O)NC(C)(C)C(=O)O)cc2)n1. The minimum Gasteiger partial charge on any atom is -0.480 e. The molecule has 116 valence electrons. The molecular formula is C16H19N3O3. The summed E-state index contributed by atoms with van der Waals surface area (Å²) < 4.78 is 1.79. The third kappa shape index (κ3) is 3.16. The number of carboxylic acids is 1. The van der Waals surface area contributed by atoms with Gasteiger partial charge in [0.25, 0.3) is 5.91 Å². The summed E-state index contributed by atoms with van der Waals surface area (Å²) in [5.41, 5.74) is 1.86. The standard InChI is InChI=1S/C16H19N3O3/c1-10-9-11(2)19(18-10)13-7-5-12(6-8-13)14(20)17-16(3,4)15(21)22/h5-9H,1-4H3,(H,17,20)(H,21,22). The van der Waals surface area contributed by atoms with Crippen LogP contribution in [0.3, 0.4) is 0 Å². The van der Waals surface area contributed by atoms with Crippen molar-refractivity contribution in [2.75, 3.05) is 0 Å². The van der Waals surface area contributed by atoms with Gasteiger partial charge in [-0.15, -0.1) is 0 Å². The van der Waals surface area contributed by atoms with Crippen molar-refractivity contribution in [1.29, 1.82) is 0 Å². The lowest BCUT2D eigenvalue weighted by atomic mass is 10.1. The Kier molecular flexibility index (Phi) is 4.03. The monoisotopic (exact) mass is 301 g/mol. The Labute approximate surface area is 128 Å². The molecule has 2 aromatic rings. The zero-order chi connectivity index (χ0) is 16.5. The molecule has 0 aliphatic heterocycles. The van der Waals surface area contributed by atoms with Gasteiger partial charge in [0.05, 0.1) is 11.4 Å². The van der Waals surface area contributed by atoms with E-state index in [1.807, 2.05) is 19.9 Å². The Bertz CT molecular complexity index is 715. The Morgan fingerprint density at radius 1 is 1.18 bits per heavy atom. The number of carbonyl (C=O) groups excluding carboxylic acids is 1. The molecule has 0 atom stereocenters. The lowest BCUT2D eigenvalue weighted by Gasteiger charge is -2.21. The van der Waals surface area contributed by atoms with Crippen molar-refractivity contribution in [2.45, 2.75) is 33.2 Å². The van der Waals surface area contributed by atoms with Crippen molar-refractivity contribution < 1.29 is 14.7 Å². The van der Waals surface area contributed by atoms with Crippen LogP contribution in [0.25, 0.3) is 5.69 Å². The minimum absolute atomic E-state index is 0.402. The van der Waals surface area contributed by atoms with Crippen LogP contribution < -0.4 is 5.32 Å². The fourth-order valence-corrected chi connectivity index (χ4v) is 2.05. The predicted molar refractivity (Wildman–Crippen MR) is 82.2 cm³/mol. The van der Waals surface area contributed by atoms with E-state index in [4.69, 9.17) is 5.11 Å². The molecule has 0 fully saturated rings. The van der Waals surface area contributed by atoms with Crippen molar-refractivity contribution in [1.82, 2.24) is 15.1 Å². The summed E-state index contributed by atoms with van der Waals surface area (Å²) in [6.07, 6.45) is 0. The molecule has 0 unspecified atom stereocenters. The van der Waals surface area contributed by atoms with Gasteiger partial charge in [0.1, 0.15) is 5.54 Å². The second kappa shape index (κ2) is 5.63. The summed E-state index contributed by atoms with van der Waals surface area (Å²) in [4.78, 5) is 23.1. The molecule has 22 heavy (non-hydrogen) atoms. The first-order valence-electron chi connectivity index (χ1n) is 6.90. The van der Waals surface area contributed by atoms with E-state index < -0.39 is 17.4 Å². The number of nitrogens with one attached hydrogen (secondary N) is 1. The molecule has 6 nitrogen and oxygen atoms in total. The molecule has 0 saturated heterocycles. The summed E-state index contributed by atoms with van der Waals surface area (Å²) in [6.45, 7) is 6.75. The molecule has 0 aliphatic carbocycles. The summed E-state index contributed by atoms with van der Waals surface area (Å²) in [6, 6.07) is 8.83. The predicted octanol–water partition coefficient (Wildman–Crippen LogP) is 2.08. The third-order valence-corrected chi connectivity index (χ3v) is 3.34. The topological polar surface area (TPSA) is 84.2 Å². The maximum absolute atomic E-state index is 12.1. The van der Waals surface area contributed by atoms with Crippen molar-refractivity contribution in [3.63, 3.8) is 0 Å². The second-order valence-electron chi connectivity index (χ2n) is 5.77. The van der Waals surface area contributed by atoms with E-state index in [2.05, 4.69) is 10.4 Å². The van der Waals surface area contributed by atoms with Gasteiger partial charge in [-0.25, -0.2) is 9.48 Å². The molecule has 0 radical (unpaired) electrons. The van der Waals surface area contributed by atoms with Crippen molar-refractivity contribution in [2.24, 2.45) is 0 Å². The maximum Gasteiger partial charge on any atom is 0.328 e. The van der Waals surface area contributed by atoms with Crippen molar-refractivity contribution in [3.8, 4) is 5.69 Å². The van der Waals surface area contributed by atoms with E-state index in [1.54, 1.807) is 28.9 Å². The van der Waals surface area contributed by atoms with Crippen LogP contribution in [0.5, 0.6) is 0 Å². The maximum atomic E-state index is 12.1. The van der Waals surface area contributed by atoms with Gasteiger partial charge in [-0.3, -0.25) is 4.79 Å². The number of carbonyl (C=O) groups is 2. The van der Waals surface area contributed by atoms with E-state index in [0.29, 0.717) is 5.56 Å². The summed E-state index contributed by atoms with van der Waals surface area (Å²) >= 11 is 0. The number of aromatic nitrogens is 2. The Morgan fingerprint density at radius 2 is 1.77 bits per heavy atom. The number of carboxylic acid groups (broad SMARTS) is 1. The van der Waals surface area contributed by atoms with Gasteiger partial charge in [0.2, 0.25) is 0 Å². The zero-order valence-corrected chi connectivity index (χ0v) is 13.0. The van der Waals surface area contributed by atoms with Crippen LogP contribution in [0.2, 0.25) is 0 Å². The third-order valence-electron chi connectivity index (χ3n) is 3.34. The van der Waals surface area contributed by atoms with Gasteiger partial charge in [0, 0.05) is 11.3 Å². The molecule has 0 bridgehead atoms. The summed E-state index contributed by atoms with van der Waals surface area (Å²) in [7, 11) is 0. The molecular weight excluding hydrogens is 282 g/mol. The number of hydrogen-bond acceptors (Lipinski definition) is 3. The smallest absolute Gasteiger partial charge is 0.328 e. The Hall–Kier alpha value is -2.63. The Balaban J connectivity index is 2.20. The van der Waals surface area contributed by atoms with Crippen LogP contribution >= 0.6 is 0 Å². The quantitative estimate of drug-likeness (QED) is 0.905. The molecule has 1 heterocycles. The first kappa shape index (κ1) is 15.8. The first-order valence-corrected chi connectivity index (χ1v) is 6.90. The minimum atomic E-state index is -1.31. The van der Waals surface area contributed by atoms with E-state index in [-0.39, 0.29) is 0 Å². The van der Waals surface area contributed by atoms with E-state index in [0.717, 1.165) is 17.1 Å². The number of nitrogens with zero attached hydrogens (tertiary/aromatic N) is 2. The number of aryl methyl sites for hydroxylation is 2. The lowest BCUT2D eigenvalue weighted by Crippen LogP contribution is -2.49. The molecule has 1 amide bonds. The van der Waals surface area contributed by atoms with Gasteiger partial charge in [-0.1, -0.05) is 0 Å². The van der Waals surface area contributed by atoms with Crippen molar-refractivity contribution in [3.05, 3.63) is 47.3 Å². The van der Waals surface area contributed by atoms with Gasteiger partial charge < -0.3 is 10.4 Å². The number of aliphatic carboxylic acids is 1. The molecule has 2 rings (SSSR count). The highest BCUT2D eigenvalue weighted by Crippen LogP contribution is 2.14. The number of amides is 1. The molecule has 6 heteroatoms. The average Bonchev–Trinajstić information content (AvgIpc) is 2.77. The molecule has 0 spiro atoms. The lowest BCUT2D eigenvalue weighted by molar-refractivity contribution is -0.143. The Morgan fingerprint density at radius 3 is 2.23 bits per heavy atom. The van der Waals surface area contributed by atoms with Gasteiger partial charge in [0.15, 0.2) is 0 Å². The molecule has 1 aromatic carbocycles. The summed E-state index contributed by atoms with van der Waals surface area (Å²) in [5.74, 6) is -1.51. The fourth-order valence-electron chi connectivity index (χ4n) is 2.05. The van der Waals surface area contributed by atoms with Crippen LogP contribution in [-0.2, 0) is 4.79 Å². The van der Waals surface area contributed by atoms with Gasteiger partial charge in [-0.2, -0.15) is 5.10 Å². The fraction of sp³-hybridized carbons (Fsp3) is 0.312. The molecule has 0 saturated carbocycles.